The van der Waals surface area contributed by atoms with Crippen LogP contribution in [0.15, 0.2) is 12.4 Å². The van der Waals surface area contributed by atoms with Crippen molar-refractivity contribution in [1.29, 1.82) is 0 Å². The summed E-state index contributed by atoms with van der Waals surface area (Å²) in [4.78, 5) is 0. The predicted molar refractivity (Wildman–Crippen MR) is 45.4 cm³/mol. The number of rotatable bonds is 4. The van der Waals surface area contributed by atoms with E-state index in [-0.39, 0.29) is 6.04 Å². The molecule has 0 aliphatic heterocycles. The van der Waals surface area contributed by atoms with Gasteiger partial charge in [0.2, 0.25) is 0 Å². The summed E-state index contributed by atoms with van der Waals surface area (Å²) in [6.07, 6.45) is 3.77. The van der Waals surface area contributed by atoms with Crippen molar-refractivity contribution in [1.82, 2.24) is 10.6 Å². The van der Waals surface area contributed by atoms with Crippen LogP contribution in [-0.4, -0.2) is 12.1 Å². The smallest absolute Gasteiger partial charge is 0.162 e. The molecule has 0 fully saturated rings. The Morgan fingerprint density at radius 3 is 2.00 bits per heavy atom. The maximum absolute atomic E-state index is 3.76. The topological polar surface area (TPSA) is 24.1 Å². The van der Waals surface area contributed by atoms with Crippen LogP contribution in [0, 0.1) is 6.92 Å². The maximum atomic E-state index is 3.76. The van der Waals surface area contributed by atoms with Gasteiger partial charge in [0.15, 0.2) is 6.04 Å². The minimum absolute atomic E-state index is 0.269. The van der Waals surface area contributed by atoms with Crippen molar-refractivity contribution in [3.8, 4) is 0 Å². The molecule has 0 aromatic carbocycles. The molecule has 0 bridgehead atoms. The highest BCUT2D eigenvalue weighted by atomic mass is 14.9. The first kappa shape index (κ1) is 9.21. The van der Waals surface area contributed by atoms with Crippen LogP contribution in [0.3, 0.4) is 0 Å². The Morgan fingerprint density at radius 1 is 1.10 bits per heavy atom. The second kappa shape index (κ2) is 5.03. The van der Waals surface area contributed by atoms with Gasteiger partial charge in [0.1, 0.15) is 0 Å². The van der Waals surface area contributed by atoms with Crippen LogP contribution in [-0.2, 0) is 0 Å². The number of nitrogens with one attached hydrogen (secondary N) is 2. The Labute approximate surface area is 63.7 Å². The first-order valence-corrected chi connectivity index (χ1v) is 3.63. The van der Waals surface area contributed by atoms with Crippen LogP contribution in [0.25, 0.3) is 0 Å². The summed E-state index contributed by atoms with van der Waals surface area (Å²) >= 11 is 0. The molecule has 0 aliphatic rings. The van der Waals surface area contributed by atoms with E-state index in [2.05, 4.69) is 31.4 Å². The minimum atomic E-state index is 0.269. The molecule has 0 heterocycles. The largest absolute Gasteiger partial charge is 0.388 e. The summed E-state index contributed by atoms with van der Waals surface area (Å²) in [7, 11) is 0. The zero-order valence-electron chi connectivity index (χ0n) is 7.02. The van der Waals surface area contributed by atoms with Gasteiger partial charge in [0, 0.05) is 18.4 Å². The summed E-state index contributed by atoms with van der Waals surface area (Å²) in [5, 5.41) is 6.18. The highest BCUT2D eigenvalue weighted by molar-refractivity contribution is 4.81. The van der Waals surface area contributed by atoms with Crippen LogP contribution >= 0.6 is 0 Å². The first-order valence-electron chi connectivity index (χ1n) is 3.63. The standard InChI is InChI=1S/C8H17N2/c1-7(2)9-5-6-10-8(3)4/h5-10H,1H2,2-4H3/q+1/b6-5+. The van der Waals surface area contributed by atoms with E-state index in [9.17, 15) is 0 Å². The molecular formula is C8H17N2+. The fourth-order valence-electron chi connectivity index (χ4n) is 0.453. The number of hydrogen-bond donors (Lipinski definition) is 2. The van der Waals surface area contributed by atoms with Gasteiger partial charge in [-0.05, 0) is 20.8 Å². The van der Waals surface area contributed by atoms with Gasteiger partial charge in [-0.3, -0.25) is 0 Å². The van der Waals surface area contributed by atoms with E-state index in [0.717, 1.165) is 0 Å². The van der Waals surface area contributed by atoms with Crippen molar-refractivity contribution in [2.45, 2.75) is 32.9 Å². The molecule has 0 radical (unpaired) electrons. The van der Waals surface area contributed by atoms with Crippen LogP contribution in [0.4, 0.5) is 0 Å². The van der Waals surface area contributed by atoms with Crippen LogP contribution in [0.1, 0.15) is 20.8 Å². The molecule has 0 aromatic rings. The first-order chi connectivity index (χ1) is 4.63. The van der Waals surface area contributed by atoms with Gasteiger partial charge in [-0.2, -0.15) is 0 Å². The molecule has 2 nitrogen and oxygen atoms in total. The normalized spacial score (nSPS) is 14.0. The van der Waals surface area contributed by atoms with Gasteiger partial charge in [-0.1, -0.05) is 0 Å². The van der Waals surface area contributed by atoms with Gasteiger partial charge in [0.25, 0.3) is 0 Å². The summed E-state index contributed by atoms with van der Waals surface area (Å²) < 4.78 is 0. The quantitative estimate of drug-likeness (QED) is 0.576. The van der Waals surface area contributed by atoms with Crippen molar-refractivity contribution >= 4 is 0 Å². The van der Waals surface area contributed by atoms with Crippen molar-refractivity contribution < 1.29 is 0 Å². The molecule has 0 rings (SSSR count). The molecular weight excluding hydrogens is 124 g/mol. The molecule has 0 spiro atoms. The van der Waals surface area contributed by atoms with Crippen molar-refractivity contribution in [2.75, 3.05) is 0 Å². The van der Waals surface area contributed by atoms with Crippen molar-refractivity contribution in [3.63, 3.8) is 0 Å². The van der Waals surface area contributed by atoms with Gasteiger partial charge < -0.3 is 10.6 Å². The molecule has 10 heavy (non-hydrogen) atoms. The summed E-state index contributed by atoms with van der Waals surface area (Å²) in [6, 6.07) is 0.767. The molecule has 0 amide bonds. The van der Waals surface area contributed by atoms with Gasteiger partial charge in [-0.15, -0.1) is 0 Å². The van der Waals surface area contributed by atoms with Crippen LogP contribution in [0.2, 0.25) is 0 Å². The average Bonchev–Trinajstić information content (AvgIpc) is 1.79. The van der Waals surface area contributed by atoms with Gasteiger partial charge in [-0.25, -0.2) is 0 Å². The molecule has 0 saturated heterocycles. The van der Waals surface area contributed by atoms with E-state index in [1.54, 1.807) is 0 Å². The summed E-state index contributed by atoms with van der Waals surface area (Å²) in [6.45, 7) is 9.96. The molecule has 0 saturated carbocycles. The third-order valence-corrected chi connectivity index (χ3v) is 0.894. The van der Waals surface area contributed by atoms with Crippen LogP contribution < -0.4 is 10.6 Å². The van der Waals surface area contributed by atoms with E-state index in [1.807, 2.05) is 19.3 Å². The predicted octanol–water partition coefficient (Wildman–Crippen LogP) is 1.27. The molecule has 2 N–H and O–H groups in total. The lowest BCUT2D eigenvalue weighted by molar-refractivity contribution is 0.689. The lowest BCUT2D eigenvalue weighted by Gasteiger charge is -2.03. The maximum Gasteiger partial charge on any atom is 0.162 e. The van der Waals surface area contributed by atoms with Crippen LogP contribution in [0.5, 0.6) is 0 Å². The fourth-order valence-corrected chi connectivity index (χ4v) is 0.453. The molecule has 2 heteroatoms. The summed E-state index contributed by atoms with van der Waals surface area (Å²) in [5.74, 6) is 0. The molecule has 58 valence electrons. The van der Waals surface area contributed by atoms with E-state index in [0.29, 0.717) is 6.04 Å². The monoisotopic (exact) mass is 141 g/mol. The highest BCUT2D eigenvalue weighted by Crippen LogP contribution is 1.77. The van der Waals surface area contributed by atoms with E-state index in [4.69, 9.17) is 0 Å². The Morgan fingerprint density at radius 2 is 1.60 bits per heavy atom. The molecule has 1 atom stereocenters. The Kier molecular flexibility index (Phi) is 4.63. The third kappa shape index (κ3) is 7.21. The molecule has 1 unspecified atom stereocenters. The third-order valence-electron chi connectivity index (χ3n) is 0.894. The van der Waals surface area contributed by atoms with Crippen molar-refractivity contribution in [3.05, 3.63) is 19.3 Å². The average molecular weight is 141 g/mol. The highest BCUT2D eigenvalue weighted by Gasteiger charge is 1.90. The lowest BCUT2D eigenvalue weighted by atomic mass is 10.4. The zero-order valence-corrected chi connectivity index (χ0v) is 7.02. The fraction of sp³-hybridized carbons (Fsp3) is 0.625. The van der Waals surface area contributed by atoms with Crippen molar-refractivity contribution in [2.24, 2.45) is 0 Å². The Bertz CT molecular complexity index is 83.4. The minimum Gasteiger partial charge on any atom is -0.388 e. The van der Waals surface area contributed by atoms with Gasteiger partial charge >= 0.3 is 0 Å². The second-order valence-corrected chi connectivity index (χ2v) is 2.72. The number of hydrogen-bond acceptors (Lipinski definition) is 2. The van der Waals surface area contributed by atoms with E-state index < -0.39 is 0 Å². The zero-order chi connectivity index (χ0) is 7.98. The summed E-state index contributed by atoms with van der Waals surface area (Å²) in [5.41, 5.74) is 0. The Balaban J connectivity index is 3.20. The molecule has 0 aliphatic carbocycles. The lowest BCUT2D eigenvalue weighted by Crippen LogP contribution is -2.20. The second-order valence-electron chi connectivity index (χ2n) is 2.72. The molecule has 0 aromatic heterocycles. The van der Waals surface area contributed by atoms with E-state index in [1.165, 1.54) is 0 Å². The Hall–Kier alpha value is -0.790. The van der Waals surface area contributed by atoms with E-state index >= 15 is 0 Å². The SMILES string of the molecule is [CH2+]C(C)N/C=C/NC(C)C. The van der Waals surface area contributed by atoms with Gasteiger partial charge in [0.05, 0.1) is 6.92 Å².